The van der Waals surface area contributed by atoms with Crippen LogP contribution in [0.2, 0.25) is 0 Å². The largest absolute Gasteiger partial charge is 0.494 e. The summed E-state index contributed by atoms with van der Waals surface area (Å²) in [6, 6.07) is 14.3. The molecule has 2 heterocycles. The van der Waals surface area contributed by atoms with Crippen LogP contribution < -0.4 is 10.4 Å². The van der Waals surface area contributed by atoms with Crippen molar-refractivity contribution < 1.29 is 14.1 Å². The second-order valence-corrected chi connectivity index (χ2v) is 8.40. The Morgan fingerprint density at radius 1 is 1.00 bits per heavy atom. The molecule has 1 amide bonds. The van der Waals surface area contributed by atoms with Gasteiger partial charge >= 0.3 is 7.12 Å². The van der Waals surface area contributed by atoms with Gasteiger partial charge in [0.1, 0.15) is 0 Å². The lowest BCUT2D eigenvalue weighted by molar-refractivity contribution is -0.116. The predicted molar refractivity (Wildman–Crippen MR) is 109 cm³/mol. The van der Waals surface area contributed by atoms with Crippen LogP contribution in [0, 0.1) is 0 Å². The van der Waals surface area contributed by atoms with Crippen molar-refractivity contribution in [3.63, 3.8) is 0 Å². The first-order valence-corrected chi connectivity index (χ1v) is 9.62. The Balaban J connectivity index is 1.62. The highest BCUT2D eigenvalue weighted by molar-refractivity contribution is 6.62. The summed E-state index contributed by atoms with van der Waals surface area (Å²) in [5, 5.41) is 0. The molecule has 0 atom stereocenters. The van der Waals surface area contributed by atoms with Crippen molar-refractivity contribution in [1.82, 2.24) is 0 Å². The van der Waals surface area contributed by atoms with E-state index >= 15 is 0 Å². The third kappa shape index (κ3) is 2.99. The molecular formula is C22H26BNO3. The monoisotopic (exact) mass is 363 g/mol. The van der Waals surface area contributed by atoms with E-state index in [-0.39, 0.29) is 17.1 Å². The van der Waals surface area contributed by atoms with E-state index in [1.807, 2.05) is 56.9 Å². The Kier molecular flexibility index (Phi) is 4.20. The number of hydrogen-bond acceptors (Lipinski definition) is 3. The van der Waals surface area contributed by atoms with Crippen LogP contribution >= 0.6 is 0 Å². The molecule has 0 radical (unpaired) electrons. The van der Waals surface area contributed by atoms with Gasteiger partial charge in [-0.2, -0.15) is 0 Å². The summed E-state index contributed by atoms with van der Waals surface area (Å²) in [7, 11) is -0.391. The fourth-order valence-corrected chi connectivity index (χ4v) is 3.61. The van der Waals surface area contributed by atoms with E-state index in [2.05, 4.69) is 25.1 Å². The molecule has 4 rings (SSSR count). The van der Waals surface area contributed by atoms with Crippen molar-refractivity contribution in [3.05, 3.63) is 53.6 Å². The van der Waals surface area contributed by atoms with Gasteiger partial charge in [0.25, 0.3) is 0 Å². The van der Waals surface area contributed by atoms with Crippen LogP contribution in [-0.2, 0) is 26.9 Å². The normalized spacial score (nSPS) is 20.3. The molecule has 0 bridgehead atoms. The molecule has 5 heteroatoms. The molecule has 0 N–H and O–H groups in total. The smallest absolute Gasteiger partial charge is 0.399 e. The molecule has 2 aromatic rings. The summed E-state index contributed by atoms with van der Waals surface area (Å²) in [4.78, 5) is 14.4. The minimum absolute atomic E-state index is 0.113. The maximum absolute atomic E-state index is 12.6. The summed E-state index contributed by atoms with van der Waals surface area (Å²) in [5.74, 6) is 0.113. The van der Waals surface area contributed by atoms with Gasteiger partial charge in [0.15, 0.2) is 0 Å². The number of anilines is 2. The minimum atomic E-state index is -0.391. The van der Waals surface area contributed by atoms with Crippen molar-refractivity contribution in [2.45, 2.75) is 58.7 Å². The Morgan fingerprint density at radius 2 is 1.63 bits per heavy atom. The average molecular weight is 363 g/mol. The van der Waals surface area contributed by atoms with E-state index in [0.717, 1.165) is 28.8 Å². The maximum Gasteiger partial charge on any atom is 0.494 e. The van der Waals surface area contributed by atoms with E-state index in [4.69, 9.17) is 9.31 Å². The predicted octanol–water partition coefficient (Wildman–Crippen LogP) is 3.77. The number of rotatable bonds is 3. The number of fused-ring (bicyclic) bond motifs is 1. The second kappa shape index (κ2) is 6.21. The number of carbonyl (C=O) groups is 1. The van der Waals surface area contributed by atoms with E-state index in [0.29, 0.717) is 6.42 Å². The molecule has 2 aliphatic rings. The van der Waals surface area contributed by atoms with E-state index in [1.54, 1.807) is 0 Å². The van der Waals surface area contributed by atoms with Crippen molar-refractivity contribution >= 4 is 29.9 Å². The van der Waals surface area contributed by atoms with Crippen LogP contribution in [0.5, 0.6) is 0 Å². The lowest BCUT2D eigenvalue weighted by Gasteiger charge is -2.32. The number of aryl methyl sites for hydroxylation is 1. The van der Waals surface area contributed by atoms with Crippen LogP contribution in [0.25, 0.3) is 0 Å². The molecule has 2 aromatic carbocycles. The van der Waals surface area contributed by atoms with Crippen LogP contribution in [0.4, 0.5) is 11.4 Å². The SMILES string of the molecule is CCc1ccc2c(c1)N(c1ccc(B3OC(C)(C)C(C)(C)O3)cc1)C(=O)C2. The minimum Gasteiger partial charge on any atom is -0.399 e. The standard InChI is InChI=1S/C22H26BNO3/c1-6-15-7-8-16-14-20(25)24(19(16)13-15)18-11-9-17(10-12-18)23-26-21(2,3)22(4,5)27-23/h7-13H,6,14H2,1-5H3. The van der Waals surface area contributed by atoms with Crippen LogP contribution in [0.1, 0.15) is 45.7 Å². The van der Waals surface area contributed by atoms with Crippen LogP contribution in [-0.4, -0.2) is 24.2 Å². The first-order chi connectivity index (χ1) is 12.7. The van der Waals surface area contributed by atoms with Gasteiger partial charge in [0.2, 0.25) is 5.91 Å². The van der Waals surface area contributed by atoms with Gasteiger partial charge in [-0.25, -0.2) is 0 Å². The summed E-state index contributed by atoms with van der Waals surface area (Å²) >= 11 is 0. The molecule has 0 spiro atoms. The highest BCUT2D eigenvalue weighted by Gasteiger charge is 2.51. The Morgan fingerprint density at radius 3 is 2.22 bits per heavy atom. The van der Waals surface area contributed by atoms with E-state index in [1.165, 1.54) is 5.56 Å². The number of benzene rings is 2. The van der Waals surface area contributed by atoms with E-state index in [9.17, 15) is 4.79 Å². The zero-order chi connectivity index (χ0) is 19.4. The Labute approximate surface area is 161 Å². The van der Waals surface area contributed by atoms with Crippen LogP contribution in [0.3, 0.4) is 0 Å². The summed E-state index contributed by atoms with van der Waals surface area (Å²) < 4.78 is 12.2. The van der Waals surface area contributed by atoms with Crippen molar-refractivity contribution in [2.24, 2.45) is 0 Å². The van der Waals surface area contributed by atoms with Crippen molar-refractivity contribution in [2.75, 3.05) is 4.90 Å². The molecule has 2 aliphatic heterocycles. The van der Waals surface area contributed by atoms with Crippen LogP contribution in [0.15, 0.2) is 42.5 Å². The third-order valence-corrected chi connectivity index (χ3v) is 6.07. The molecule has 1 fully saturated rings. The molecule has 27 heavy (non-hydrogen) atoms. The second-order valence-electron chi connectivity index (χ2n) is 8.40. The lowest BCUT2D eigenvalue weighted by Crippen LogP contribution is -2.41. The molecular weight excluding hydrogens is 337 g/mol. The fraction of sp³-hybridized carbons (Fsp3) is 0.409. The molecule has 0 saturated carbocycles. The fourth-order valence-electron chi connectivity index (χ4n) is 3.61. The first-order valence-electron chi connectivity index (χ1n) is 9.62. The molecule has 1 saturated heterocycles. The summed E-state index contributed by atoms with van der Waals surface area (Å²) in [5.41, 5.74) is 4.45. The highest BCUT2D eigenvalue weighted by atomic mass is 16.7. The first kappa shape index (κ1) is 18.3. The summed E-state index contributed by atoms with van der Waals surface area (Å²) in [6.45, 7) is 10.3. The van der Waals surface area contributed by atoms with E-state index < -0.39 is 7.12 Å². The zero-order valence-electron chi connectivity index (χ0n) is 16.7. The quantitative estimate of drug-likeness (QED) is 0.780. The molecule has 0 aromatic heterocycles. The highest BCUT2D eigenvalue weighted by Crippen LogP contribution is 2.38. The van der Waals surface area contributed by atoms with Gasteiger partial charge in [-0.05, 0) is 68.9 Å². The molecule has 4 nitrogen and oxygen atoms in total. The van der Waals surface area contributed by atoms with Gasteiger partial charge in [-0.3, -0.25) is 9.69 Å². The number of nitrogens with zero attached hydrogens (tertiary/aromatic N) is 1. The van der Waals surface area contributed by atoms with Crippen molar-refractivity contribution in [3.8, 4) is 0 Å². The molecule has 0 unspecified atom stereocenters. The molecule has 140 valence electrons. The third-order valence-electron chi connectivity index (χ3n) is 6.07. The zero-order valence-corrected chi connectivity index (χ0v) is 16.7. The summed E-state index contributed by atoms with van der Waals surface area (Å²) in [6.07, 6.45) is 1.41. The Hall–Kier alpha value is -2.11. The van der Waals surface area contributed by atoms with Gasteiger partial charge in [0, 0.05) is 5.69 Å². The average Bonchev–Trinajstić information content (AvgIpc) is 3.06. The Bertz CT molecular complexity index is 873. The van der Waals surface area contributed by atoms with Gasteiger partial charge in [0.05, 0.1) is 23.3 Å². The lowest BCUT2D eigenvalue weighted by atomic mass is 9.79. The van der Waals surface area contributed by atoms with Crippen molar-refractivity contribution in [1.29, 1.82) is 0 Å². The number of carbonyl (C=O) groups excluding carboxylic acids is 1. The topological polar surface area (TPSA) is 38.8 Å². The van der Waals surface area contributed by atoms with Gasteiger partial charge in [-0.15, -0.1) is 0 Å². The van der Waals surface area contributed by atoms with Gasteiger partial charge < -0.3 is 9.31 Å². The number of hydrogen-bond donors (Lipinski definition) is 0. The molecule has 0 aliphatic carbocycles. The number of amides is 1. The maximum atomic E-state index is 12.6. The van der Waals surface area contributed by atoms with Gasteiger partial charge in [-0.1, -0.05) is 31.2 Å².